The summed E-state index contributed by atoms with van der Waals surface area (Å²) in [4.78, 5) is 0. The van der Waals surface area contributed by atoms with Crippen LogP contribution in [0.15, 0.2) is 0 Å². The van der Waals surface area contributed by atoms with Crippen LogP contribution in [-0.4, -0.2) is 12.7 Å². The second-order valence-corrected chi connectivity index (χ2v) is 4.30. The van der Waals surface area contributed by atoms with Crippen molar-refractivity contribution in [3.63, 3.8) is 0 Å². The molecule has 2 rings (SSSR count). The van der Waals surface area contributed by atoms with Crippen LogP contribution in [0.2, 0.25) is 0 Å². The molecule has 0 unspecified atom stereocenters. The number of ether oxygens (including phenoxy) is 1. The van der Waals surface area contributed by atoms with E-state index < -0.39 is 0 Å². The molecule has 1 aliphatic heterocycles. The molecular weight excluding hydrogens is 124 g/mol. The van der Waals surface area contributed by atoms with E-state index in [1.54, 1.807) is 0 Å². The zero-order chi connectivity index (χ0) is 7.19. The average molecular weight is 140 g/mol. The predicted molar refractivity (Wildman–Crippen MR) is 40.9 cm³/mol. The van der Waals surface area contributed by atoms with Crippen LogP contribution in [0.1, 0.15) is 33.1 Å². The lowest BCUT2D eigenvalue weighted by atomic mass is 9.97. The van der Waals surface area contributed by atoms with Gasteiger partial charge in [0.15, 0.2) is 0 Å². The average Bonchev–Trinajstić information content (AvgIpc) is 2.41. The molecule has 0 amide bonds. The SMILES string of the molecule is CC(C)[C@@H]1CC2(CC2)CO1. The smallest absolute Gasteiger partial charge is 0.0604 e. The van der Waals surface area contributed by atoms with Crippen LogP contribution < -0.4 is 0 Å². The van der Waals surface area contributed by atoms with Gasteiger partial charge in [-0.3, -0.25) is 0 Å². The number of rotatable bonds is 1. The van der Waals surface area contributed by atoms with E-state index in [0.717, 1.165) is 12.5 Å². The summed E-state index contributed by atoms with van der Waals surface area (Å²) in [5.41, 5.74) is 0.676. The standard InChI is InChI=1S/C9H16O/c1-7(2)8-5-9(3-4-9)6-10-8/h7-8H,3-6H2,1-2H3/t8-/m0/s1. The van der Waals surface area contributed by atoms with Gasteiger partial charge in [-0.15, -0.1) is 0 Å². The quantitative estimate of drug-likeness (QED) is 0.542. The predicted octanol–water partition coefficient (Wildman–Crippen LogP) is 2.21. The third-order valence-corrected chi connectivity index (χ3v) is 2.94. The van der Waals surface area contributed by atoms with E-state index in [1.165, 1.54) is 19.3 Å². The van der Waals surface area contributed by atoms with Crippen LogP contribution >= 0.6 is 0 Å². The molecule has 0 N–H and O–H groups in total. The lowest BCUT2D eigenvalue weighted by Gasteiger charge is -2.12. The summed E-state index contributed by atoms with van der Waals surface area (Å²) in [5, 5.41) is 0. The van der Waals surface area contributed by atoms with E-state index in [4.69, 9.17) is 4.74 Å². The molecule has 2 aliphatic rings. The van der Waals surface area contributed by atoms with Crippen molar-refractivity contribution in [2.24, 2.45) is 11.3 Å². The maximum absolute atomic E-state index is 5.69. The largest absolute Gasteiger partial charge is 0.377 e. The van der Waals surface area contributed by atoms with Crippen LogP contribution in [0.5, 0.6) is 0 Å². The minimum Gasteiger partial charge on any atom is -0.377 e. The Morgan fingerprint density at radius 3 is 2.40 bits per heavy atom. The van der Waals surface area contributed by atoms with Gasteiger partial charge < -0.3 is 4.74 Å². The summed E-state index contributed by atoms with van der Waals surface area (Å²) in [6.45, 7) is 5.56. The van der Waals surface area contributed by atoms with E-state index in [-0.39, 0.29) is 0 Å². The highest BCUT2D eigenvalue weighted by Gasteiger charge is 2.49. The highest BCUT2D eigenvalue weighted by molar-refractivity contribution is 4.99. The molecule has 0 bridgehead atoms. The molecule has 1 heteroatoms. The van der Waals surface area contributed by atoms with Crippen LogP contribution in [0.4, 0.5) is 0 Å². The topological polar surface area (TPSA) is 9.23 Å². The van der Waals surface area contributed by atoms with Gasteiger partial charge in [-0.2, -0.15) is 0 Å². The van der Waals surface area contributed by atoms with E-state index in [1.807, 2.05) is 0 Å². The van der Waals surface area contributed by atoms with Gasteiger partial charge in [0.2, 0.25) is 0 Å². The molecule has 1 heterocycles. The van der Waals surface area contributed by atoms with Gasteiger partial charge in [-0.1, -0.05) is 13.8 Å². The van der Waals surface area contributed by atoms with Crippen molar-refractivity contribution < 1.29 is 4.74 Å². The Morgan fingerprint density at radius 1 is 1.40 bits per heavy atom. The molecule has 1 saturated heterocycles. The molecule has 1 spiro atoms. The molecule has 0 aromatic carbocycles. The van der Waals surface area contributed by atoms with Crippen LogP contribution in [0, 0.1) is 11.3 Å². The highest BCUT2D eigenvalue weighted by atomic mass is 16.5. The summed E-state index contributed by atoms with van der Waals surface area (Å²) < 4.78 is 5.69. The van der Waals surface area contributed by atoms with Gasteiger partial charge >= 0.3 is 0 Å². The summed E-state index contributed by atoms with van der Waals surface area (Å²) in [6.07, 6.45) is 4.76. The van der Waals surface area contributed by atoms with Crippen molar-refractivity contribution in [1.82, 2.24) is 0 Å². The Balaban J connectivity index is 1.93. The lowest BCUT2D eigenvalue weighted by Crippen LogP contribution is -2.13. The molecule has 58 valence electrons. The summed E-state index contributed by atoms with van der Waals surface area (Å²) in [6, 6.07) is 0. The van der Waals surface area contributed by atoms with Crippen molar-refractivity contribution in [2.75, 3.05) is 6.61 Å². The fourth-order valence-corrected chi connectivity index (χ4v) is 1.78. The van der Waals surface area contributed by atoms with Crippen molar-refractivity contribution >= 4 is 0 Å². The first kappa shape index (κ1) is 6.66. The molecule has 1 aliphatic carbocycles. The third kappa shape index (κ3) is 0.968. The maximum atomic E-state index is 5.69. The molecule has 1 nitrogen and oxygen atoms in total. The minimum absolute atomic E-state index is 0.572. The number of hydrogen-bond donors (Lipinski definition) is 0. The van der Waals surface area contributed by atoms with Crippen molar-refractivity contribution in [3.05, 3.63) is 0 Å². The molecule has 0 aromatic rings. The molecular formula is C9H16O. The van der Waals surface area contributed by atoms with E-state index in [0.29, 0.717) is 11.5 Å². The van der Waals surface area contributed by atoms with Gasteiger partial charge in [0.25, 0.3) is 0 Å². The van der Waals surface area contributed by atoms with Gasteiger partial charge in [0, 0.05) is 0 Å². The molecule has 0 aromatic heterocycles. The van der Waals surface area contributed by atoms with Gasteiger partial charge in [0.05, 0.1) is 12.7 Å². The minimum atomic E-state index is 0.572. The Bertz CT molecular complexity index is 136. The lowest BCUT2D eigenvalue weighted by molar-refractivity contribution is 0.0722. The summed E-state index contributed by atoms with van der Waals surface area (Å²) >= 11 is 0. The Morgan fingerprint density at radius 2 is 2.10 bits per heavy atom. The fraction of sp³-hybridized carbons (Fsp3) is 1.00. The molecule has 10 heavy (non-hydrogen) atoms. The molecule has 2 fully saturated rings. The summed E-state index contributed by atoms with van der Waals surface area (Å²) in [5.74, 6) is 0.722. The molecule has 1 saturated carbocycles. The second-order valence-electron chi connectivity index (χ2n) is 4.30. The van der Waals surface area contributed by atoms with Crippen LogP contribution in [-0.2, 0) is 4.74 Å². The van der Waals surface area contributed by atoms with E-state index in [9.17, 15) is 0 Å². The first-order chi connectivity index (χ1) is 4.72. The highest BCUT2D eigenvalue weighted by Crippen LogP contribution is 2.54. The zero-order valence-electron chi connectivity index (χ0n) is 6.89. The van der Waals surface area contributed by atoms with Crippen LogP contribution in [0.3, 0.4) is 0 Å². The normalized spacial score (nSPS) is 35.7. The van der Waals surface area contributed by atoms with Gasteiger partial charge in [-0.25, -0.2) is 0 Å². The van der Waals surface area contributed by atoms with Crippen molar-refractivity contribution in [2.45, 2.75) is 39.2 Å². The van der Waals surface area contributed by atoms with E-state index in [2.05, 4.69) is 13.8 Å². The summed E-state index contributed by atoms with van der Waals surface area (Å²) in [7, 11) is 0. The third-order valence-electron chi connectivity index (χ3n) is 2.94. The van der Waals surface area contributed by atoms with Crippen molar-refractivity contribution in [3.8, 4) is 0 Å². The Kier molecular flexibility index (Phi) is 1.31. The Labute approximate surface area is 62.8 Å². The molecule has 0 radical (unpaired) electrons. The fourth-order valence-electron chi connectivity index (χ4n) is 1.78. The Hall–Kier alpha value is -0.0400. The maximum Gasteiger partial charge on any atom is 0.0604 e. The molecule has 1 atom stereocenters. The first-order valence-corrected chi connectivity index (χ1v) is 4.33. The first-order valence-electron chi connectivity index (χ1n) is 4.33. The monoisotopic (exact) mass is 140 g/mol. The van der Waals surface area contributed by atoms with Crippen LogP contribution in [0.25, 0.3) is 0 Å². The number of hydrogen-bond acceptors (Lipinski definition) is 1. The van der Waals surface area contributed by atoms with Crippen molar-refractivity contribution in [1.29, 1.82) is 0 Å². The zero-order valence-corrected chi connectivity index (χ0v) is 6.89. The van der Waals surface area contributed by atoms with Gasteiger partial charge in [0.1, 0.15) is 0 Å². The second kappa shape index (κ2) is 1.97. The van der Waals surface area contributed by atoms with Gasteiger partial charge in [-0.05, 0) is 30.6 Å². The van der Waals surface area contributed by atoms with E-state index >= 15 is 0 Å².